The van der Waals surface area contributed by atoms with E-state index in [2.05, 4.69) is 30.5 Å². The van der Waals surface area contributed by atoms with Crippen molar-refractivity contribution in [2.24, 2.45) is 0 Å². The van der Waals surface area contributed by atoms with Crippen LogP contribution in [0.15, 0.2) is 47.2 Å². The van der Waals surface area contributed by atoms with Crippen molar-refractivity contribution in [2.75, 3.05) is 25.5 Å². The van der Waals surface area contributed by atoms with E-state index in [1.807, 2.05) is 4.68 Å². The van der Waals surface area contributed by atoms with Crippen LogP contribution in [-0.4, -0.2) is 66.8 Å². The molecule has 6 heterocycles. The van der Waals surface area contributed by atoms with E-state index in [4.69, 9.17) is 9.26 Å². The third-order valence-corrected chi connectivity index (χ3v) is 6.12. The Morgan fingerprint density at radius 3 is 2.75 bits per heavy atom. The molecule has 4 aromatic rings. The number of hydrogen-bond donors (Lipinski definition) is 1. The molecule has 0 unspecified atom stereocenters. The smallest absolute Gasteiger partial charge is 0.284 e. The second kappa shape index (κ2) is 8.45. The van der Waals surface area contributed by atoms with Crippen LogP contribution in [0.5, 0.6) is 0 Å². The van der Waals surface area contributed by atoms with Gasteiger partial charge in [0.05, 0.1) is 61.0 Å². The minimum absolute atomic E-state index is 0.196. The molecule has 4 aromatic heterocycles. The van der Waals surface area contributed by atoms with Crippen molar-refractivity contribution in [3.05, 3.63) is 54.2 Å². The average Bonchev–Trinajstić information content (AvgIpc) is 3.56. The van der Waals surface area contributed by atoms with Crippen molar-refractivity contribution in [1.82, 2.24) is 34.8 Å². The van der Waals surface area contributed by atoms with Gasteiger partial charge in [0, 0.05) is 19.3 Å². The molecule has 0 spiro atoms. The van der Waals surface area contributed by atoms with Crippen LogP contribution >= 0.6 is 0 Å². The van der Waals surface area contributed by atoms with Gasteiger partial charge in [0.25, 0.3) is 5.92 Å². The van der Waals surface area contributed by atoms with E-state index >= 15 is 0 Å². The first-order valence-electron chi connectivity index (χ1n) is 11.2. The number of carbonyl (C=O) groups excluding carboxylic acids is 1. The van der Waals surface area contributed by atoms with Crippen LogP contribution in [-0.2, 0) is 22.7 Å². The topological polar surface area (TPSA) is 124 Å². The van der Waals surface area contributed by atoms with Crippen molar-refractivity contribution in [3.8, 4) is 22.8 Å². The highest BCUT2D eigenvalue weighted by Crippen LogP contribution is 2.41. The summed E-state index contributed by atoms with van der Waals surface area (Å²) in [5.74, 6) is -5.50. The van der Waals surface area contributed by atoms with Gasteiger partial charge >= 0.3 is 0 Å². The van der Waals surface area contributed by atoms with Gasteiger partial charge in [-0.25, -0.2) is 23.7 Å². The van der Waals surface area contributed by atoms with Gasteiger partial charge in [0.2, 0.25) is 11.9 Å². The van der Waals surface area contributed by atoms with Gasteiger partial charge in [-0.2, -0.15) is 5.10 Å². The molecule has 0 radical (unpaired) electrons. The Morgan fingerprint density at radius 1 is 1.14 bits per heavy atom. The lowest BCUT2D eigenvalue weighted by atomic mass is 10.0. The second-order valence-electron chi connectivity index (χ2n) is 8.58. The fourth-order valence-electron chi connectivity index (χ4n) is 4.34. The van der Waals surface area contributed by atoms with Crippen molar-refractivity contribution < 1.29 is 22.8 Å². The van der Waals surface area contributed by atoms with E-state index in [0.29, 0.717) is 42.8 Å². The minimum atomic E-state index is -3.25. The normalized spacial score (nSPS) is 18.9. The zero-order valence-electron chi connectivity index (χ0n) is 19.1. The molecule has 0 bridgehead atoms. The molecular formula is C23H20F2N8O3. The Labute approximate surface area is 203 Å². The summed E-state index contributed by atoms with van der Waals surface area (Å²) >= 11 is 0. The number of nitrogens with one attached hydrogen (secondary N) is 1. The maximum absolute atomic E-state index is 14.4. The number of carbonyl (C=O) groups is 1. The lowest BCUT2D eigenvalue weighted by molar-refractivity contribution is -0.129. The highest BCUT2D eigenvalue weighted by Gasteiger charge is 2.55. The molecule has 36 heavy (non-hydrogen) atoms. The third-order valence-electron chi connectivity index (χ3n) is 6.12. The Bertz CT molecular complexity index is 1450. The van der Waals surface area contributed by atoms with Crippen LogP contribution in [0.1, 0.15) is 17.4 Å². The molecule has 1 atom stereocenters. The number of amides is 1. The monoisotopic (exact) mass is 494 g/mol. The molecule has 2 aliphatic heterocycles. The molecule has 2 aliphatic rings. The van der Waals surface area contributed by atoms with Gasteiger partial charge < -0.3 is 19.5 Å². The number of ether oxygens (including phenoxy) is 1. The quantitative estimate of drug-likeness (QED) is 0.446. The van der Waals surface area contributed by atoms with E-state index in [-0.39, 0.29) is 11.5 Å². The summed E-state index contributed by atoms with van der Waals surface area (Å²) in [4.78, 5) is 26.6. The molecule has 0 aliphatic carbocycles. The molecular weight excluding hydrogens is 474 g/mol. The Kier molecular flexibility index (Phi) is 5.21. The first-order valence-corrected chi connectivity index (χ1v) is 11.2. The molecule has 1 fully saturated rings. The van der Waals surface area contributed by atoms with Crippen molar-refractivity contribution in [3.63, 3.8) is 0 Å². The number of pyridine rings is 1. The molecule has 13 heteroatoms. The van der Waals surface area contributed by atoms with Gasteiger partial charge in [-0.3, -0.25) is 9.48 Å². The summed E-state index contributed by atoms with van der Waals surface area (Å²) in [7, 11) is 1.33. The molecule has 0 aromatic carbocycles. The van der Waals surface area contributed by atoms with Gasteiger partial charge in [-0.15, -0.1) is 0 Å². The highest BCUT2D eigenvalue weighted by molar-refractivity contribution is 5.87. The summed E-state index contributed by atoms with van der Waals surface area (Å²) in [6.07, 6.45) is 3.31. The van der Waals surface area contributed by atoms with E-state index in [1.165, 1.54) is 13.1 Å². The Morgan fingerprint density at radius 2 is 1.94 bits per heavy atom. The summed E-state index contributed by atoms with van der Waals surface area (Å²) in [6.45, 7) is 1.08. The number of likely N-dealkylation sites (N-methyl/N-ethyl adjacent to an activating group) is 1. The number of halogens is 2. The summed E-state index contributed by atoms with van der Waals surface area (Å²) in [6, 6.07) is 8.21. The number of rotatable bonds is 5. The van der Waals surface area contributed by atoms with Gasteiger partial charge in [0.15, 0.2) is 11.7 Å². The van der Waals surface area contributed by atoms with E-state index in [9.17, 15) is 13.6 Å². The molecule has 6 rings (SSSR count). The van der Waals surface area contributed by atoms with Gasteiger partial charge in [-0.05, 0) is 18.2 Å². The highest BCUT2D eigenvalue weighted by atomic mass is 19.3. The van der Waals surface area contributed by atoms with Gasteiger partial charge in [-0.1, -0.05) is 11.2 Å². The number of anilines is 2. The standard InChI is InChI=1S/C23H20F2N8O3/c1-32-12-23(24,25)20(21(32)34)19-9-16(31-36-19)14-4-2-3-13(28-14)15-5-6-26-22(29-15)30-17-10-27-33-7-8-35-11-18(17)33/h2-6,9-10,20H,7-8,11-12H2,1H3,(H,26,29,30)/t20-/m0/s1. The number of aromatic nitrogens is 6. The molecule has 184 valence electrons. The van der Waals surface area contributed by atoms with Crippen LogP contribution in [0.25, 0.3) is 22.8 Å². The molecule has 1 saturated heterocycles. The Balaban J connectivity index is 1.26. The number of likely N-dealkylation sites (tertiary alicyclic amines) is 1. The molecule has 1 N–H and O–H groups in total. The predicted octanol–water partition coefficient (Wildman–Crippen LogP) is 2.85. The summed E-state index contributed by atoms with van der Waals surface area (Å²) < 4.78 is 41.3. The van der Waals surface area contributed by atoms with Crippen LogP contribution in [0, 0.1) is 0 Å². The largest absolute Gasteiger partial charge is 0.373 e. The lowest BCUT2D eigenvalue weighted by Gasteiger charge is -2.15. The number of fused-ring (bicyclic) bond motifs is 1. The predicted molar refractivity (Wildman–Crippen MR) is 121 cm³/mol. The molecule has 11 nitrogen and oxygen atoms in total. The SMILES string of the molecule is CN1CC(F)(F)[C@@H](c2cc(-c3cccc(-c4ccnc(Nc5cnn6c5COCC6)n4)n3)no2)C1=O. The lowest BCUT2D eigenvalue weighted by Crippen LogP contribution is -2.25. The van der Waals surface area contributed by atoms with Crippen molar-refractivity contribution in [1.29, 1.82) is 0 Å². The number of nitrogens with zero attached hydrogens (tertiary/aromatic N) is 7. The summed E-state index contributed by atoms with van der Waals surface area (Å²) in [5.41, 5.74) is 3.35. The molecule has 0 saturated carbocycles. The molecule has 1 amide bonds. The fourth-order valence-corrected chi connectivity index (χ4v) is 4.34. The average molecular weight is 494 g/mol. The van der Waals surface area contributed by atoms with Crippen LogP contribution in [0.2, 0.25) is 0 Å². The Hall–Kier alpha value is -4.26. The zero-order chi connectivity index (χ0) is 24.9. The zero-order valence-corrected chi connectivity index (χ0v) is 19.1. The van der Waals surface area contributed by atoms with Crippen molar-refractivity contribution in [2.45, 2.75) is 25.0 Å². The van der Waals surface area contributed by atoms with Crippen LogP contribution < -0.4 is 5.32 Å². The van der Waals surface area contributed by atoms with Crippen LogP contribution in [0.4, 0.5) is 20.4 Å². The summed E-state index contributed by atoms with van der Waals surface area (Å²) in [5, 5.41) is 11.4. The minimum Gasteiger partial charge on any atom is -0.373 e. The third kappa shape index (κ3) is 3.86. The van der Waals surface area contributed by atoms with E-state index < -0.39 is 24.3 Å². The van der Waals surface area contributed by atoms with Crippen LogP contribution in [0.3, 0.4) is 0 Å². The maximum atomic E-state index is 14.4. The van der Waals surface area contributed by atoms with Gasteiger partial charge in [0.1, 0.15) is 5.69 Å². The van der Waals surface area contributed by atoms with E-state index in [0.717, 1.165) is 16.3 Å². The van der Waals surface area contributed by atoms with E-state index in [1.54, 1.807) is 36.7 Å². The van der Waals surface area contributed by atoms with Crippen molar-refractivity contribution >= 4 is 17.5 Å². The number of alkyl halides is 2. The number of hydrogen-bond acceptors (Lipinski definition) is 9. The first kappa shape index (κ1) is 22.2. The maximum Gasteiger partial charge on any atom is 0.284 e. The second-order valence-corrected chi connectivity index (χ2v) is 8.58. The first-order chi connectivity index (χ1) is 17.4. The fraction of sp³-hybridized carbons (Fsp3) is 0.304.